The fourth-order valence-electron chi connectivity index (χ4n) is 3.43. The number of allylic oxidation sites excluding steroid dienone is 2. The number of hydrogen-bond acceptors (Lipinski definition) is 2. The van der Waals surface area contributed by atoms with Gasteiger partial charge in [-0.1, -0.05) is 42.1 Å². The van der Waals surface area contributed by atoms with Crippen LogP contribution in [0.2, 0.25) is 0 Å². The maximum absolute atomic E-state index is 2.37. The molecule has 3 heteroatoms. The molecule has 1 aromatic heterocycles. The first-order chi connectivity index (χ1) is 12.8. The molecule has 1 aliphatic rings. The third kappa shape index (κ3) is 3.15. The summed E-state index contributed by atoms with van der Waals surface area (Å²) in [6.45, 7) is 6.34. The van der Waals surface area contributed by atoms with Gasteiger partial charge in [-0.05, 0) is 50.3 Å². The van der Waals surface area contributed by atoms with Crippen LogP contribution in [0.5, 0.6) is 0 Å². The topological polar surface area (TPSA) is 7.12 Å². The summed E-state index contributed by atoms with van der Waals surface area (Å²) in [4.78, 5) is 3.71. The van der Waals surface area contributed by atoms with E-state index in [0.717, 1.165) is 13.1 Å². The molecule has 0 saturated carbocycles. The molecule has 0 unspecified atom stereocenters. The second-order valence-electron chi connectivity index (χ2n) is 6.30. The standard InChI is InChI=1S/C23H23N2S/c1-3-24-17-18(16-19-11-5-6-12-20(19)24)10-9-15-23-25(4-2)21-13-7-8-14-22(21)26-23/h5-17H,3-4H2,1-2H3/q+1. The van der Waals surface area contributed by atoms with E-state index < -0.39 is 0 Å². The number of aromatic nitrogens is 1. The highest BCUT2D eigenvalue weighted by atomic mass is 32.2. The van der Waals surface area contributed by atoms with Crippen molar-refractivity contribution >= 4 is 34.4 Å². The Balaban J connectivity index is 1.63. The summed E-state index contributed by atoms with van der Waals surface area (Å²) in [6, 6.07) is 19.4. The zero-order chi connectivity index (χ0) is 17.9. The predicted octanol–water partition coefficient (Wildman–Crippen LogP) is 5.63. The quantitative estimate of drug-likeness (QED) is 0.557. The summed E-state index contributed by atoms with van der Waals surface area (Å²) in [7, 11) is 0. The van der Waals surface area contributed by atoms with Gasteiger partial charge < -0.3 is 4.90 Å². The Kier molecular flexibility index (Phi) is 4.81. The van der Waals surface area contributed by atoms with Crippen LogP contribution in [-0.2, 0) is 6.54 Å². The minimum absolute atomic E-state index is 0.970. The molecule has 0 fully saturated rings. The molecule has 26 heavy (non-hydrogen) atoms. The second kappa shape index (κ2) is 7.38. The van der Waals surface area contributed by atoms with Crippen LogP contribution in [-0.4, -0.2) is 6.54 Å². The highest BCUT2D eigenvalue weighted by molar-refractivity contribution is 8.03. The van der Waals surface area contributed by atoms with Gasteiger partial charge in [-0.25, -0.2) is 0 Å². The van der Waals surface area contributed by atoms with Crippen LogP contribution in [0.25, 0.3) is 17.0 Å². The molecule has 0 aliphatic carbocycles. The molecule has 2 aromatic carbocycles. The van der Waals surface area contributed by atoms with Gasteiger partial charge in [0.15, 0.2) is 6.20 Å². The van der Waals surface area contributed by atoms with E-state index in [1.807, 2.05) is 11.8 Å². The Morgan fingerprint density at radius 2 is 1.85 bits per heavy atom. The number of fused-ring (bicyclic) bond motifs is 2. The highest BCUT2D eigenvalue weighted by Crippen LogP contribution is 2.45. The number of hydrogen-bond donors (Lipinski definition) is 0. The van der Waals surface area contributed by atoms with Gasteiger partial charge in [-0.3, -0.25) is 0 Å². The van der Waals surface area contributed by atoms with Crippen LogP contribution in [0.1, 0.15) is 19.4 Å². The smallest absolute Gasteiger partial charge is 0.212 e. The van der Waals surface area contributed by atoms with Gasteiger partial charge in [0.1, 0.15) is 6.54 Å². The number of benzene rings is 2. The van der Waals surface area contributed by atoms with E-state index in [1.165, 1.54) is 32.1 Å². The third-order valence-corrected chi connectivity index (χ3v) is 5.83. The van der Waals surface area contributed by atoms with Crippen molar-refractivity contribution in [3.63, 3.8) is 0 Å². The molecule has 2 heterocycles. The maximum atomic E-state index is 2.37. The number of pyridine rings is 1. The van der Waals surface area contributed by atoms with Gasteiger partial charge in [0, 0.05) is 28.5 Å². The Hall–Kier alpha value is -2.52. The molecule has 0 amide bonds. The SMILES string of the molecule is CCN1C(=CC=Cc2cc3ccccc3[n+](CC)c2)Sc2ccccc21. The highest BCUT2D eigenvalue weighted by Gasteiger charge is 2.22. The minimum atomic E-state index is 0.970. The summed E-state index contributed by atoms with van der Waals surface area (Å²) in [6.07, 6.45) is 8.81. The molecule has 3 aromatic rings. The lowest BCUT2D eigenvalue weighted by Gasteiger charge is -2.17. The zero-order valence-corrected chi connectivity index (χ0v) is 16.0. The molecule has 0 N–H and O–H groups in total. The number of nitrogens with zero attached hydrogens (tertiary/aromatic N) is 2. The predicted molar refractivity (Wildman–Crippen MR) is 112 cm³/mol. The normalized spacial score (nSPS) is 15.3. The van der Waals surface area contributed by atoms with Gasteiger partial charge in [0.05, 0.1) is 10.7 Å². The molecule has 4 rings (SSSR count). The fourth-order valence-corrected chi connectivity index (χ4v) is 4.57. The van der Waals surface area contributed by atoms with Crippen LogP contribution in [0.4, 0.5) is 5.69 Å². The van der Waals surface area contributed by atoms with Crippen LogP contribution >= 0.6 is 11.8 Å². The van der Waals surface area contributed by atoms with Crippen LogP contribution < -0.4 is 9.47 Å². The van der Waals surface area contributed by atoms with E-state index in [2.05, 4.69) is 102 Å². The van der Waals surface area contributed by atoms with Crippen molar-refractivity contribution in [3.8, 4) is 0 Å². The summed E-state index contributed by atoms with van der Waals surface area (Å²) in [5, 5.41) is 2.57. The zero-order valence-electron chi connectivity index (χ0n) is 15.2. The fraction of sp³-hybridized carbons (Fsp3) is 0.174. The van der Waals surface area contributed by atoms with Crippen molar-refractivity contribution in [1.82, 2.24) is 0 Å². The molecular formula is C23H23N2S+. The molecular weight excluding hydrogens is 336 g/mol. The molecule has 2 nitrogen and oxygen atoms in total. The van der Waals surface area contributed by atoms with Crippen molar-refractivity contribution in [2.45, 2.75) is 25.3 Å². The Labute approximate surface area is 159 Å². The molecule has 0 saturated heterocycles. The van der Waals surface area contributed by atoms with Gasteiger partial charge in [-0.2, -0.15) is 4.57 Å². The lowest BCUT2D eigenvalue weighted by atomic mass is 10.1. The average molecular weight is 360 g/mol. The molecule has 0 spiro atoms. The Bertz CT molecular complexity index is 1000. The second-order valence-corrected chi connectivity index (χ2v) is 7.36. The van der Waals surface area contributed by atoms with Crippen molar-refractivity contribution in [1.29, 1.82) is 0 Å². The number of rotatable bonds is 4. The molecule has 130 valence electrons. The van der Waals surface area contributed by atoms with Gasteiger partial charge in [0.25, 0.3) is 0 Å². The van der Waals surface area contributed by atoms with Crippen molar-refractivity contribution in [3.05, 3.63) is 83.5 Å². The van der Waals surface area contributed by atoms with Crippen molar-refractivity contribution in [2.75, 3.05) is 11.4 Å². The Morgan fingerprint density at radius 1 is 1.04 bits per heavy atom. The van der Waals surface area contributed by atoms with Gasteiger partial charge >= 0.3 is 0 Å². The van der Waals surface area contributed by atoms with Gasteiger partial charge in [-0.15, -0.1) is 0 Å². The van der Waals surface area contributed by atoms with Crippen LogP contribution in [0.3, 0.4) is 0 Å². The molecule has 0 radical (unpaired) electrons. The monoisotopic (exact) mass is 359 g/mol. The lowest BCUT2D eigenvalue weighted by molar-refractivity contribution is -0.667. The number of para-hydroxylation sites is 2. The van der Waals surface area contributed by atoms with Crippen molar-refractivity contribution in [2.24, 2.45) is 0 Å². The first kappa shape index (κ1) is 16.9. The molecule has 0 atom stereocenters. The van der Waals surface area contributed by atoms with E-state index in [-0.39, 0.29) is 0 Å². The van der Waals surface area contributed by atoms with E-state index in [0.29, 0.717) is 0 Å². The number of aryl methyl sites for hydroxylation is 1. The third-order valence-electron chi connectivity index (χ3n) is 4.69. The lowest BCUT2D eigenvalue weighted by Crippen LogP contribution is -2.33. The molecule has 1 aliphatic heterocycles. The first-order valence-electron chi connectivity index (χ1n) is 9.15. The Morgan fingerprint density at radius 3 is 2.69 bits per heavy atom. The summed E-state index contributed by atoms with van der Waals surface area (Å²) in [5.74, 6) is 0. The summed E-state index contributed by atoms with van der Waals surface area (Å²) >= 11 is 1.84. The van der Waals surface area contributed by atoms with E-state index in [1.54, 1.807) is 0 Å². The summed E-state index contributed by atoms with van der Waals surface area (Å²) < 4.78 is 2.31. The average Bonchev–Trinajstić information content (AvgIpc) is 3.04. The van der Waals surface area contributed by atoms with Gasteiger partial charge in [0.2, 0.25) is 5.52 Å². The number of anilines is 1. The van der Waals surface area contributed by atoms with Crippen molar-refractivity contribution < 1.29 is 4.57 Å². The minimum Gasteiger partial charge on any atom is -0.335 e. The van der Waals surface area contributed by atoms with E-state index >= 15 is 0 Å². The maximum Gasteiger partial charge on any atom is 0.212 e. The van der Waals surface area contributed by atoms with E-state index in [4.69, 9.17) is 0 Å². The van der Waals surface area contributed by atoms with Crippen LogP contribution in [0.15, 0.2) is 82.9 Å². The summed E-state index contributed by atoms with van der Waals surface area (Å²) in [5.41, 5.74) is 3.82. The first-order valence-corrected chi connectivity index (χ1v) is 9.97. The van der Waals surface area contributed by atoms with Crippen LogP contribution in [0, 0.1) is 0 Å². The largest absolute Gasteiger partial charge is 0.335 e. The number of thioether (sulfide) groups is 1. The molecule has 0 bridgehead atoms. The van der Waals surface area contributed by atoms with E-state index in [9.17, 15) is 0 Å².